The van der Waals surface area contributed by atoms with Crippen LogP contribution in [0.4, 0.5) is 0 Å². The van der Waals surface area contributed by atoms with Gasteiger partial charge in [-0.3, -0.25) is 4.79 Å². The van der Waals surface area contributed by atoms with Crippen LogP contribution in [-0.2, 0) is 11.2 Å². The number of ether oxygens (including phenoxy) is 1. The highest BCUT2D eigenvalue weighted by Gasteiger charge is 2.30. The quantitative estimate of drug-likeness (QED) is 0.895. The normalized spacial score (nSPS) is 11.4. The summed E-state index contributed by atoms with van der Waals surface area (Å²) in [7, 11) is 1.46. The van der Waals surface area contributed by atoms with Gasteiger partial charge < -0.3 is 14.9 Å². The zero-order valence-corrected chi connectivity index (χ0v) is 12.5. The van der Waals surface area contributed by atoms with E-state index >= 15 is 0 Å². The molecule has 0 spiro atoms. The lowest BCUT2D eigenvalue weighted by molar-refractivity contribution is -0.146. The Bertz CT molecular complexity index is 480. The van der Waals surface area contributed by atoms with Crippen LogP contribution in [0.1, 0.15) is 25.0 Å². The molecule has 5 heteroatoms. The molecule has 0 saturated heterocycles. The largest absolute Gasteiger partial charge is 0.504 e. The van der Waals surface area contributed by atoms with Gasteiger partial charge in [0.2, 0.25) is 0 Å². The Morgan fingerprint density at radius 1 is 1.50 bits per heavy atom. The molecule has 18 heavy (non-hydrogen) atoms. The molecule has 0 aliphatic rings. The number of aryl methyl sites for hydroxylation is 1. The molecule has 0 aromatic heterocycles. The summed E-state index contributed by atoms with van der Waals surface area (Å²) in [6.07, 6.45) is 0.353. The lowest BCUT2D eigenvalue weighted by Gasteiger charge is -2.22. The van der Waals surface area contributed by atoms with Gasteiger partial charge in [-0.1, -0.05) is 0 Å². The first-order valence-electron chi connectivity index (χ1n) is 5.49. The maximum Gasteiger partial charge on any atom is 0.309 e. The maximum absolute atomic E-state index is 11.2. The van der Waals surface area contributed by atoms with Crippen LogP contribution in [-0.4, -0.2) is 23.3 Å². The van der Waals surface area contributed by atoms with E-state index in [-0.39, 0.29) is 5.75 Å². The zero-order valence-electron chi connectivity index (χ0n) is 10.9. The summed E-state index contributed by atoms with van der Waals surface area (Å²) in [4.78, 5) is 11.2. The minimum atomic E-state index is -0.880. The summed E-state index contributed by atoms with van der Waals surface area (Å²) in [5, 5.41) is 18.9. The highest BCUT2D eigenvalue weighted by molar-refractivity contribution is 9.10. The molecule has 0 unspecified atom stereocenters. The van der Waals surface area contributed by atoms with Gasteiger partial charge in [-0.05, 0) is 60.3 Å². The van der Waals surface area contributed by atoms with Crippen molar-refractivity contribution in [3.63, 3.8) is 0 Å². The average Bonchev–Trinajstić information content (AvgIpc) is 2.24. The number of phenols is 1. The van der Waals surface area contributed by atoms with E-state index in [2.05, 4.69) is 15.9 Å². The minimum absolute atomic E-state index is 0.0405. The Labute approximate surface area is 115 Å². The number of carboxylic acid groups (broad SMARTS) is 1. The van der Waals surface area contributed by atoms with Gasteiger partial charge in [0, 0.05) is 0 Å². The number of carboxylic acids is 1. The van der Waals surface area contributed by atoms with E-state index in [1.807, 2.05) is 6.92 Å². The molecule has 1 aromatic carbocycles. The molecule has 1 aromatic rings. The molecular weight excluding hydrogens is 300 g/mol. The number of carbonyl (C=O) groups is 1. The minimum Gasteiger partial charge on any atom is -0.504 e. The van der Waals surface area contributed by atoms with Gasteiger partial charge in [-0.25, -0.2) is 0 Å². The van der Waals surface area contributed by atoms with Gasteiger partial charge in [0.05, 0.1) is 17.0 Å². The third-order valence-electron chi connectivity index (χ3n) is 2.93. The lowest BCUT2D eigenvalue weighted by atomic mass is 9.84. The van der Waals surface area contributed by atoms with Gasteiger partial charge in [-0.2, -0.15) is 0 Å². The molecule has 100 valence electrons. The van der Waals surface area contributed by atoms with Gasteiger partial charge in [0.25, 0.3) is 0 Å². The second-order valence-electron chi connectivity index (χ2n) is 4.90. The summed E-state index contributed by atoms with van der Waals surface area (Å²) >= 11 is 3.37. The van der Waals surface area contributed by atoms with Crippen molar-refractivity contribution >= 4 is 21.9 Å². The fourth-order valence-corrected chi connectivity index (χ4v) is 2.53. The third kappa shape index (κ3) is 2.77. The summed E-state index contributed by atoms with van der Waals surface area (Å²) in [5.74, 6) is -0.489. The first-order valence-corrected chi connectivity index (χ1v) is 6.28. The molecule has 0 amide bonds. The van der Waals surface area contributed by atoms with E-state index in [1.54, 1.807) is 19.9 Å². The van der Waals surface area contributed by atoms with E-state index < -0.39 is 11.4 Å². The molecule has 0 saturated carbocycles. The summed E-state index contributed by atoms with van der Waals surface area (Å²) in [6.45, 7) is 5.16. The number of aromatic hydroxyl groups is 1. The molecule has 0 atom stereocenters. The summed E-state index contributed by atoms with van der Waals surface area (Å²) < 4.78 is 5.71. The van der Waals surface area contributed by atoms with E-state index in [4.69, 9.17) is 9.84 Å². The third-order valence-corrected chi connectivity index (χ3v) is 3.77. The molecule has 0 radical (unpaired) electrons. The number of hydrogen-bond donors (Lipinski definition) is 2. The van der Waals surface area contributed by atoms with E-state index in [1.165, 1.54) is 7.11 Å². The monoisotopic (exact) mass is 316 g/mol. The summed E-state index contributed by atoms with van der Waals surface area (Å²) in [6, 6.07) is 1.58. The predicted molar refractivity (Wildman–Crippen MR) is 72.2 cm³/mol. The van der Waals surface area contributed by atoms with Crippen LogP contribution in [0, 0.1) is 12.3 Å². The average molecular weight is 317 g/mol. The lowest BCUT2D eigenvalue weighted by Crippen LogP contribution is -2.26. The molecule has 4 nitrogen and oxygen atoms in total. The Morgan fingerprint density at radius 3 is 2.50 bits per heavy atom. The molecular formula is C13H17BrO4. The first kappa shape index (κ1) is 14.8. The number of methoxy groups -OCH3 is 1. The maximum atomic E-state index is 11.2. The Morgan fingerprint density at radius 2 is 2.06 bits per heavy atom. The van der Waals surface area contributed by atoms with Crippen molar-refractivity contribution in [1.82, 2.24) is 0 Å². The van der Waals surface area contributed by atoms with E-state index in [9.17, 15) is 9.90 Å². The van der Waals surface area contributed by atoms with Gasteiger partial charge in [0.15, 0.2) is 11.5 Å². The molecule has 0 aliphatic carbocycles. The van der Waals surface area contributed by atoms with Crippen LogP contribution < -0.4 is 4.74 Å². The van der Waals surface area contributed by atoms with Crippen molar-refractivity contribution < 1.29 is 19.7 Å². The van der Waals surface area contributed by atoms with Crippen molar-refractivity contribution in [2.45, 2.75) is 27.2 Å². The van der Waals surface area contributed by atoms with Gasteiger partial charge in [0.1, 0.15) is 0 Å². The van der Waals surface area contributed by atoms with E-state index in [0.717, 1.165) is 11.1 Å². The second-order valence-corrected chi connectivity index (χ2v) is 5.70. The fraction of sp³-hybridized carbons (Fsp3) is 0.462. The number of hydrogen-bond acceptors (Lipinski definition) is 3. The van der Waals surface area contributed by atoms with Crippen LogP contribution in [0.25, 0.3) is 0 Å². The molecule has 0 heterocycles. The van der Waals surface area contributed by atoms with Crippen molar-refractivity contribution in [3.8, 4) is 11.5 Å². The van der Waals surface area contributed by atoms with Crippen molar-refractivity contribution in [2.24, 2.45) is 5.41 Å². The molecule has 2 N–H and O–H groups in total. The smallest absolute Gasteiger partial charge is 0.309 e. The van der Waals surface area contributed by atoms with E-state index in [0.29, 0.717) is 16.6 Å². The van der Waals surface area contributed by atoms with Crippen molar-refractivity contribution in [3.05, 3.63) is 21.7 Å². The number of benzene rings is 1. The summed E-state index contributed by atoms with van der Waals surface area (Å²) in [5.41, 5.74) is 0.779. The Kier molecular flexibility index (Phi) is 4.27. The Hall–Kier alpha value is -1.23. The van der Waals surface area contributed by atoms with Crippen LogP contribution >= 0.6 is 15.9 Å². The number of aliphatic carboxylic acids is 1. The van der Waals surface area contributed by atoms with Crippen LogP contribution in [0.2, 0.25) is 0 Å². The number of phenolic OH excluding ortho intramolecular Hbond substituents is 1. The highest BCUT2D eigenvalue weighted by Crippen LogP contribution is 2.41. The zero-order chi connectivity index (χ0) is 14.1. The van der Waals surface area contributed by atoms with Crippen LogP contribution in [0.3, 0.4) is 0 Å². The number of rotatable bonds is 4. The SMILES string of the molecule is COc1c(O)cc(C)c(CC(C)(C)C(=O)O)c1Br. The molecule has 0 aliphatic heterocycles. The van der Waals surface area contributed by atoms with Crippen LogP contribution in [0.5, 0.6) is 11.5 Å². The van der Waals surface area contributed by atoms with Gasteiger partial charge >= 0.3 is 5.97 Å². The molecule has 1 rings (SSSR count). The molecule has 0 bridgehead atoms. The molecule has 0 fully saturated rings. The predicted octanol–water partition coefficient (Wildman–Crippen LogP) is 3.13. The highest BCUT2D eigenvalue weighted by atomic mass is 79.9. The van der Waals surface area contributed by atoms with Gasteiger partial charge in [-0.15, -0.1) is 0 Å². The first-order chi connectivity index (χ1) is 8.20. The topological polar surface area (TPSA) is 66.8 Å². The second kappa shape index (κ2) is 5.18. The van der Waals surface area contributed by atoms with Crippen molar-refractivity contribution in [1.29, 1.82) is 0 Å². The van der Waals surface area contributed by atoms with Crippen LogP contribution in [0.15, 0.2) is 10.5 Å². The number of halogens is 1. The Balaban J connectivity index is 3.30. The standard InChI is InChI=1S/C13H17BrO4/c1-7-5-9(15)11(18-4)10(14)8(7)6-13(2,3)12(16)17/h5,15H,6H2,1-4H3,(H,16,17). The fourth-order valence-electron chi connectivity index (χ4n) is 1.71. The van der Waals surface area contributed by atoms with Crippen molar-refractivity contribution in [2.75, 3.05) is 7.11 Å².